The van der Waals surface area contributed by atoms with Crippen molar-refractivity contribution >= 4 is 11.6 Å². The Morgan fingerprint density at radius 2 is 1.80 bits per heavy atom. The van der Waals surface area contributed by atoms with E-state index in [4.69, 9.17) is 0 Å². The summed E-state index contributed by atoms with van der Waals surface area (Å²) >= 11 is 0. The normalized spacial score (nSPS) is 33.7. The molecule has 0 aromatic heterocycles. The number of carbonyl (C=O) groups is 2. The SMILES string of the molecule is CC1CC(C)C1=O.CCCC1CCC1=O. The Hall–Kier alpha value is -0.660. The highest BCUT2D eigenvalue weighted by Crippen LogP contribution is 2.27. The van der Waals surface area contributed by atoms with E-state index in [0.717, 1.165) is 32.1 Å². The van der Waals surface area contributed by atoms with Crippen molar-refractivity contribution in [2.75, 3.05) is 0 Å². The second-order valence-electron chi connectivity index (χ2n) is 4.93. The molecule has 2 fully saturated rings. The van der Waals surface area contributed by atoms with Gasteiger partial charge in [0.15, 0.2) is 0 Å². The molecule has 0 saturated heterocycles. The van der Waals surface area contributed by atoms with Crippen LogP contribution in [0, 0.1) is 17.8 Å². The minimum atomic E-state index is 0.370. The zero-order valence-corrected chi connectivity index (χ0v) is 10.1. The van der Waals surface area contributed by atoms with Gasteiger partial charge in [0.25, 0.3) is 0 Å². The average Bonchev–Trinajstić information content (AvgIpc) is 2.24. The second kappa shape index (κ2) is 5.43. The highest BCUT2D eigenvalue weighted by atomic mass is 16.1. The molecule has 3 atom stereocenters. The summed E-state index contributed by atoms with van der Waals surface area (Å²) < 4.78 is 0. The smallest absolute Gasteiger partial charge is 0.138 e. The lowest BCUT2D eigenvalue weighted by Gasteiger charge is -2.26. The highest BCUT2D eigenvalue weighted by Gasteiger charge is 2.31. The molecule has 0 aliphatic heterocycles. The van der Waals surface area contributed by atoms with Gasteiger partial charge in [0.1, 0.15) is 11.6 Å². The molecule has 2 rings (SSSR count). The molecule has 0 heterocycles. The van der Waals surface area contributed by atoms with Crippen LogP contribution in [0.1, 0.15) is 52.9 Å². The quantitative estimate of drug-likeness (QED) is 0.702. The Labute approximate surface area is 92.4 Å². The predicted molar refractivity (Wildman–Crippen MR) is 60.6 cm³/mol. The molecular formula is C13H22O2. The van der Waals surface area contributed by atoms with Gasteiger partial charge in [-0.15, -0.1) is 0 Å². The molecule has 0 aromatic rings. The topological polar surface area (TPSA) is 34.1 Å². The van der Waals surface area contributed by atoms with Gasteiger partial charge in [-0.3, -0.25) is 9.59 Å². The first-order valence-electron chi connectivity index (χ1n) is 6.12. The fourth-order valence-electron chi connectivity index (χ4n) is 2.21. The first kappa shape index (κ1) is 12.4. The third-order valence-electron chi connectivity index (χ3n) is 3.51. The Morgan fingerprint density at radius 1 is 1.20 bits per heavy atom. The van der Waals surface area contributed by atoms with Crippen LogP contribution >= 0.6 is 0 Å². The number of hydrogen-bond acceptors (Lipinski definition) is 2. The number of carbonyl (C=O) groups excluding carboxylic acids is 2. The first-order valence-corrected chi connectivity index (χ1v) is 6.12. The lowest BCUT2D eigenvalue weighted by Crippen LogP contribution is -2.32. The summed E-state index contributed by atoms with van der Waals surface area (Å²) in [7, 11) is 0. The maximum atomic E-state index is 10.6. The molecule has 2 heteroatoms. The van der Waals surface area contributed by atoms with Crippen molar-refractivity contribution in [3.8, 4) is 0 Å². The molecule has 2 aliphatic rings. The monoisotopic (exact) mass is 210 g/mol. The molecule has 2 saturated carbocycles. The van der Waals surface area contributed by atoms with Gasteiger partial charge in [-0.2, -0.15) is 0 Å². The summed E-state index contributed by atoms with van der Waals surface area (Å²) in [6, 6.07) is 0. The molecule has 2 nitrogen and oxygen atoms in total. The van der Waals surface area contributed by atoms with E-state index in [1.807, 2.05) is 13.8 Å². The summed E-state index contributed by atoms with van der Waals surface area (Å²) in [4.78, 5) is 21.2. The Kier molecular flexibility index (Phi) is 4.49. The van der Waals surface area contributed by atoms with E-state index in [2.05, 4.69) is 6.92 Å². The Balaban J connectivity index is 0.000000151. The minimum Gasteiger partial charge on any atom is -0.299 e. The number of ketones is 2. The van der Waals surface area contributed by atoms with Crippen molar-refractivity contribution in [2.45, 2.75) is 52.9 Å². The lowest BCUT2D eigenvalue weighted by molar-refractivity contribution is -0.134. The molecule has 0 N–H and O–H groups in total. The van der Waals surface area contributed by atoms with E-state index in [0.29, 0.717) is 29.3 Å². The van der Waals surface area contributed by atoms with E-state index in [-0.39, 0.29) is 0 Å². The van der Waals surface area contributed by atoms with Gasteiger partial charge in [-0.05, 0) is 19.3 Å². The summed E-state index contributed by atoms with van der Waals surface area (Å²) in [5, 5.41) is 0. The fraction of sp³-hybridized carbons (Fsp3) is 0.846. The van der Waals surface area contributed by atoms with Crippen molar-refractivity contribution in [3.63, 3.8) is 0 Å². The van der Waals surface area contributed by atoms with E-state index in [1.54, 1.807) is 0 Å². The maximum Gasteiger partial charge on any atom is 0.138 e. The van der Waals surface area contributed by atoms with Crippen LogP contribution in [0.2, 0.25) is 0 Å². The van der Waals surface area contributed by atoms with Gasteiger partial charge in [0.2, 0.25) is 0 Å². The van der Waals surface area contributed by atoms with Gasteiger partial charge >= 0.3 is 0 Å². The summed E-state index contributed by atoms with van der Waals surface area (Å²) in [5.41, 5.74) is 0. The molecule has 3 unspecified atom stereocenters. The minimum absolute atomic E-state index is 0.370. The molecule has 15 heavy (non-hydrogen) atoms. The van der Waals surface area contributed by atoms with E-state index >= 15 is 0 Å². The molecule has 0 radical (unpaired) electrons. The van der Waals surface area contributed by atoms with Crippen LogP contribution < -0.4 is 0 Å². The summed E-state index contributed by atoms with van der Waals surface area (Å²) in [5.74, 6) is 2.14. The van der Waals surface area contributed by atoms with Crippen molar-refractivity contribution in [1.29, 1.82) is 0 Å². The van der Waals surface area contributed by atoms with E-state index in [1.165, 1.54) is 0 Å². The van der Waals surface area contributed by atoms with Crippen molar-refractivity contribution in [1.82, 2.24) is 0 Å². The Morgan fingerprint density at radius 3 is 1.87 bits per heavy atom. The van der Waals surface area contributed by atoms with Crippen molar-refractivity contribution in [3.05, 3.63) is 0 Å². The number of rotatable bonds is 2. The van der Waals surface area contributed by atoms with E-state index in [9.17, 15) is 9.59 Å². The third kappa shape index (κ3) is 3.15. The third-order valence-corrected chi connectivity index (χ3v) is 3.51. The van der Waals surface area contributed by atoms with Crippen LogP contribution in [0.3, 0.4) is 0 Å². The van der Waals surface area contributed by atoms with Gasteiger partial charge in [0, 0.05) is 24.2 Å². The summed E-state index contributed by atoms with van der Waals surface area (Å²) in [6.45, 7) is 6.11. The number of Topliss-reactive ketones (excluding diaryl/α,β-unsaturated/α-hetero) is 2. The predicted octanol–water partition coefficient (Wildman–Crippen LogP) is 3.00. The molecule has 86 valence electrons. The van der Waals surface area contributed by atoms with Gasteiger partial charge in [-0.1, -0.05) is 27.2 Å². The van der Waals surface area contributed by atoms with Gasteiger partial charge in [0.05, 0.1) is 0 Å². The van der Waals surface area contributed by atoms with Crippen molar-refractivity contribution in [2.24, 2.45) is 17.8 Å². The largest absolute Gasteiger partial charge is 0.299 e. The van der Waals surface area contributed by atoms with E-state index < -0.39 is 0 Å². The van der Waals surface area contributed by atoms with Crippen LogP contribution in [0.15, 0.2) is 0 Å². The molecular weight excluding hydrogens is 188 g/mol. The van der Waals surface area contributed by atoms with Gasteiger partial charge < -0.3 is 0 Å². The number of hydrogen-bond donors (Lipinski definition) is 0. The molecule has 0 spiro atoms. The van der Waals surface area contributed by atoms with Crippen LogP contribution in [-0.4, -0.2) is 11.6 Å². The fourth-order valence-corrected chi connectivity index (χ4v) is 2.21. The van der Waals surface area contributed by atoms with Crippen LogP contribution in [0.5, 0.6) is 0 Å². The standard InChI is InChI=1S/C7H12O.C6H10O/c1-2-3-6-4-5-7(6)8;1-4-3-5(2)6(4)7/h6H,2-5H2,1H3;4-5H,3H2,1-2H3. The molecule has 0 aromatic carbocycles. The second-order valence-corrected chi connectivity index (χ2v) is 4.93. The highest BCUT2D eigenvalue weighted by molar-refractivity contribution is 5.88. The lowest BCUT2D eigenvalue weighted by atomic mass is 9.76. The first-order chi connectivity index (χ1) is 7.06. The summed E-state index contributed by atoms with van der Waals surface area (Å²) in [6.07, 6.45) is 5.41. The van der Waals surface area contributed by atoms with Crippen LogP contribution in [0.4, 0.5) is 0 Å². The maximum absolute atomic E-state index is 10.6. The molecule has 2 aliphatic carbocycles. The van der Waals surface area contributed by atoms with Gasteiger partial charge in [-0.25, -0.2) is 0 Å². The Bertz CT molecular complexity index is 235. The molecule has 0 bridgehead atoms. The average molecular weight is 210 g/mol. The van der Waals surface area contributed by atoms with Crippen LogP contribution in [0.25, 0.3) is 0 Å². The molecule has 0 amide bonds. The zero-order chi connectivity index (χ0) is 11.4. The van der Waals surface area contributed by atoms with Crippen molar-refractivity contribution < 1.29 is 9.59 Å². The van der Waals surface area contributed by atoms with Crippen LogP contribution in [-0.2, 0) is 9.59 Å². The zero-order valence-electron chi connectivity index (χ0n) is 10.1.